The van der Waals surface area contributed by atoms with Crippen LogP contribution in [0.25, 0.3) is 0 Å². The Morgan fingerprint density at radius 2 is 1.83 bits per heavy atom. The first-order valence-corrected chi connectivity index (χ1v) is 9.31. The molecule has 1 aromatic rings. The quantitative estimate of drug-likeness (QED) is 0.336. The molecule has 1 aromatic carbocycles. The topological polar surface area (TPSA) is 131 Å². The summed E-state index contributed by atoms with van der Waals surface area (Å²) in [4.78, 5) is 49.2. The van der Waals surface area contributed by atoms with E-state index in [1.165, 1.54) is 25.3 Å². The van der Waals surface area contributed by atoms with Crippen molar-refractivity contribution in [2.24, 2.45) is 23.7 Å². The summed E-state index contributed by atoms with van der Waals surface area (Å²) in [6, 6.07) is 3.09. The second kappa shape index (κ2) is 7.19. The van der Waals surface area contributed by atoms with E-state index in [4.69, 9.17) is 4.74 Å². The molecule has 1 heterocycles. The number of urea groups is 1. The Labute approximate surface area is 166 Å². The van der Waals surface area contributed by atoms with Crippen LogP contribution in [0, 0.1) is 33.8 Å². The molecule has 10 heteroatoms. The highest BCUT2D eigenvalue weighted by molar-refractivity contribution is 6.06. The van der Waals surface area contributed by atoms with Crippen LogP contribution < -0.4 is 15.4 Å². The molecule has 2 bridgehead atoms. The van der Waals surface area contributed by atoms with Gasteiger partial charge in [0.15, 0.2) is 0 Å². The maximum atomic E-state index is 12.7. The first-order chi connectivity index (χ1) is 13.9. The molecular formula is C19H20N4O6. The average Bonchev–Trinajstić information content (AvgIpc) is 2.99. The molecule has 152 valence electrons. The van der Waals surface area contributed by atoms with Crippen LogP contribution in [0.5, 0.6) is 5.75 Å². The summed E-state index contributed by atoms with van der Waals surface area (Å²) >= 11 is 0. The number of nitrogens with one attached hydrogen (secondary N) is 2. The first kappa shape index (κ1) is 18.9. The number of nitrogens with zero attached hydrogens (tertiary/aromatic N) is 2. The second-order valence-corrected chi connectivity index (χ2v) is 7.38. The van der Waals surface area contributed by atoms with E-state index in [-0.39, 0.29) is 59.3 Å². The summed E-state index contributed by atoms with van der Waals surface area (Å²) in [6.07, 6.45) is 5.85. The van der Waals surface area contributed by atoms with Gasteiger partial charge in [-0.3, -0.25) is 24.6 Å². The van der Waals surface area contributed by atoms with Crippen molar-refractivity contribution in [1.82, 2.24) is 10.2 Å². The fourth-order valence-corrected chi connectivity index (χ4v) is 4.52. The average molecular weight is 400 g/mol. The molecule has 5 rings (SSSR count). The highest BCUT2D eigenvalue weighted by Crippen LogP contribution is 2.49. The number of benzene rings is 1. The van der Waals surface area contributed by atoms with Crippen LogP contribution >= 0.6 is 0 Å². The first-order valence-electron chi connectivity index (χ1n) is 9.31. The number of hydrogen-bond donors (Lipinski definition) is 2. The lowest BCUT2D eigenvalue weighted by Crippen LogP contribution is -2.43. The van der Waals surface area contributed by atoms with Gasteiger partial charge in [0, 0.05) is 12.1 Å². The second-order valence-electron chi connectivity index (χ2n) is 7.38. The molecule has 0 aromatic heterocycles. The third-order valence-corrected chi connectivity index (χ3v) is 5.89. The molecule has 1 saturated carbocycles. The van der Waals surface area contributed by atoms with Gasteiger partial charge in [0.2, 0.25) is 11.8 Å². The Balaban J connectivity index is 1.42. The SMILES string of the molecule is COc1ccc([N+](=O)[O-])cc1NC(=O)NCN1C(=O)C2C3C=CC(CC3)C2C1=O. The highest BCUT2D eigenvalue weighted by atomic mass is 16.6. The molecule has 4 unspecified atom stereocenters. The Morgan fingerprint density at radius 3 is 2.34 bits per heavy atom. The molecule has 3 aliphatic carbocycles. The number of methoxy groups -OCH3 is 1. The maximum Gasteiger partial charge on any atom is 0.320 e. The predicted octanol–water partition coefficient (Wildman–Crippen LogP) is 1.88. The number of likely N-dealkylation sites (tertiary alicyclic amines) is 1. The van der Waals surface area contributed by atoms with Gasteiger partial charge in [-0.2, -0.15) is 0 Å². The molecule has 4 aliphatic rings. The number of ether oxygens (including phenoxy) is 1. The molecule has 4 amide bonds. The van der Waals surface area contributed by atoms with Crippen molar-refractivity contribution in [3.63, 3.8) is 0 Å². The molecule has 4 atom stereocenters. The van der Waals surface area contributed by atoms with Crippen molar-refractivity contribution in [3.05, 3.63) is 40.5 Å². The van der Waals surface area contributed by atoms with E-state index in [1.807, 2.05) is 12.2 Å². The van der Waals surface area contributed by atoms with E-state index < -0.39 is 11.0 Å². The minimum Gasteiger partial charge on any atom is -0.495 e. The normalized spacial score (nSPS) is 27.0. The molecule has 29 heavy (non-hydrogen) atoms. The van der Waals surface area contributed by atoms with E-state index in [0.717, 1.165) is 17.7 Å². The number of amides is 4. The molecule has 0 radical (unpaired) electrons. The number of carbonyl (C=O) groups is 3. The Kier molecular flexibility index (Phi) is 4.69. The van der Waals surface area contributed by atoms with Gasteiger partial charge >= 0.3 is 6.03 Å². The van der Waals surface area contributed by atoms with E-state index in [1.54, 1.807) is 0 Å². The molecule has 1 aliphatic heterocycles. The van der Waals surface area contributed by atoms with E-state index in [9.17, 15) is 24.5 Å². The Hall–Kier alpha value is -3.43. The lowest BCUT2D eigenvalue weighted by molar-refractivity contribution is -0.384. The fourth-order valence-electron chi connectivity index (χ4n) is 4.52. The van der Waals surface area contributed by atoms with Gasteiger partial charge in [-0.1, -0.05) is 12.2 Å². The van der Waals surface area contributed by atoms with Crippen LogP contribution in [0.4, 0.5) is 16.2 Å². The van der Waals surface area contributed by atoms with Gasteiger partial charge in [-0.15, -0.1) is 0 Å². The number of anilines is 1. The van der Waals surface area contributed by atoms with Gasteiger partial charge in [0.25, 0.3) is 5.69 Å². The van der Waals surface area contributed by atoms with E-state index in [0.29, 0.717) is 0 Å². The number of rotatable bonds is 5. The summed E-state index contributed by atoms with van der Waals surface area (Å²) in [5.41, 5.74) is -0.104. The third-order valence-electron chi connectivity index (χ3n) is 5.89. The predicted molar refractivity (Wildman–Crippen MR) is 101 cm³/mol. The number of carbonyl (C=O) groups excluding carboxylic acids is 3. The Bertz CT molecular complexity index is 897. The number of nitro groups is 1. The molecular weight excluding hydrogens is 380 g/mol. The summed E-state index contributed by atoms with van der Waals surface area (Å²) < 4.78 is 5.10. The lowest BCUT2D eigenvalue weighted by atomic mass is 9.63. The van der Waals surface area contributed by atoms with Gasteiger partial charge in [0.05, 0.1) is 29.6 Å². The summed E-state index contributed by atoms with van der Waals surface area (Å²) in [6.45, 7) is -0.257. The number of allylic oxidation sites excluding steroid dienone is 2. The van der Waals surface area contributed by atoms with Crippen molar-refractivity contribution in [2.75, 3.05) is 19.1 Å². The largest absolute Gasteiger partial charge is 0.495 e. The van der Waals surface area contributed by atoms with Gasteiger partial charge in [-0.05, 0) is 30.7 Å². The number of imide groups is 1. The standard InChI is InChI=1S/C19H20N4O6/c1-29-14-7-6-12(23(27)28)8-13(14)21-19(26)20-9-22-17(24)15-10-2-3-11(5-4-10)16(15)18(22)25/h2-3,6-8,10-11,15-16H,4-5,9H2,1H3,(H2,20,21,26). The molecule has 2 fully saturated rings. The van der Waals surface area contributed by atoms with E-state index in [2.05, 4.69) is 10.6 Å². The number of nitro benzene ring substituents is 1. The number of fused-ring (bicyclic) bond motifs is 1. The van der Waals surface area contributed by atoms with Crippen LogP contribution in [0.2, 0.25) is 0 Å². The van der Waals surface area contributed by atoms with Crippen molar-refractivity contribution in [1.29, 1.82) is 0 Å². The van der Waals surface area contributed by atoms with Gasteiger partial charge in [0.1, 0.15) is 12.4 Å². The molecule has 0 spiro atoms. The van der Waals surface area contributed by atoms with Gasteiger partial charge in [-0.25, -0.2) is 4.79 Å². The zero-order valence-electron chi connectivity index (χ0n) is 15.7. The van der Waals surface area contributed by atoms with E-state index >= 15 is 0 Å². The highest BCUT2D eigenvalue weighted by Gasteiger charge is 2.56. The zero-order valence-corrected chi connectivity index (χ0v) is 15.7. The third kappa shape index (κ3) is 3.20. The minimum atomic E-state index is -0.708. The Morgan fingerprint density at radius 1 is 1.21 bits per heavy atom. The van der Waals surface area contributed by atoms with Crippen LogP contribution in [-0.4, -0.2) is 41.4 Å². The number of hydrogen-bond acceptors (Lipinski definition) is 6. The smallest absolute Gasteiger partial charge is 0.320 e. The summed E-state index contributed by atoms with van der Waals surface area (Å²) in [7, 11) is 1.37. The van der Waals surface area contributed by atoms with Crippen LogP contribution in [0.15, 0.2) is 30.4 Å². The molecule has 10 nitrogen and oxygen atoms in total. The minimum absolute atomic E-state index is 0.0782. The van der Waals surface area contributed by atoms with Crippen LogP contribution in [-0.2, 0) is 9.59 Å². The zero-order chi connectivity index (χ0) is 20.7. The van der Waals surface area contributed by atoms with Crippen LogP contribution in [0.1, 0.15) is 12.8 Å². The van der Waals surface area contributed by atoms with Crippen LogP contribution in [0.3, 0.4) is 0 Å². The monoisotopic (exact) mass is 400 g/mol. The summed E-state index contributed by atoms with van der Waals surface area (Å²) in [5.74, 6) is -0.794. The van der Waals surface area contributed by atoms with Crippen molar-refractivity contribution >= 4 is 29.2 Å². The van der Waals surface area contributed by atoms with Crippen molar-refractivity contribution < 1.29 is 24.0 Å². The fraction of sp³-hybridized carbons (Fsp3) is 0.421. The summed E-state index contributed by atoms with van der Waals surface area (Å²) in [5, 5.41) is 15.9. The molecule has 2 N–H and O–H groups in total. The lowest BCUT2D eigenvalue weighted by Gasteiger charge is -2.38. The van der Waals surface area contributed by atoms with Gasteiger partial charge < -0.3 is 15.4 Å². The maximum absolute atomic E-state index is 12.7. The molecule has 1 saturated heterocycles. The van der Waals surface area contributed by atoms with Crippen molar-refractivity contribution in [3.8, 4) is 5.75 Å². The van der Waals surface area contributed by atoms with Crippen molar-refractivity contribution in [2.45, 2.75) is 12.8 Å². The number of non-ortho nitro benzene ring substituents is 1.